The molecule has 3 aromatic rings. The lowest BCUT2D eigenvalue weighted by Gasteiger charge is -2.16. The van der Waals surface area contributed by atoms with Crippen molar-refractivity contribution in [2.24, 2.45) is 0 Å². The molecular formula is C22H18F6N4O2S2. The number of fused-ring (bicyclic) bond motifs is 1. The molecule has 6 nitrogen and oxygen atoms in total. The maximum absolute atomic E-state index is 13.6. The fraction of sp³-hybridized carbons (Fsp3) is 0.318. The number of aromatic nitrogens is 2. The third-order valence-electron chi connectivity index (χ3n) is 5.54. The van der Waals surface area contributed by atoms with Gasteiger partial charge in [0.25, 0.3) is 0 Å². The molecule has 0 spiro atoms. The van der Waals surface area contributed by atoms with Gasteiger partial charge in [-0.2, -0.15) is 26.3 Å². The van der Waals surface area contributed by atoms with Gasteiger partial charge in [-0.3, -0.25) is 9.00 Å². The average molecular weight is 549 g/mol. The summed E-state index contributed by atoms with van der Waals surface area (Å²) in [5, 5.41) is 4.37. The molecule has 3 heterocycles. The number of rotatable bonds is 5. The van der Waals surface area contributed by atoms with E-state index in [-0.39, 0.29) is 29.6 Å². The summed E-state index contributed by atoms with van der Waals surface area (Å²) in [4.78, 5) is 20.7. The fourth-order valence-corrected chi connectivity index (χ4v) is 5.60. The number of carbonyl (C=O) groups is 1. The van der Waals surface area contributed by atoms with Gasteiger partial charge in [0.2, 0.25) is 5.95 Å². The molecule has 0 radical (unpaired) electrons. The summed E-state index contributed by atoms with van der Waals surface area (Å²) in [7, 11) is -1.39. The monoisotopic (exact) mass is 548 g/mol. The van der Waals surface area contributed by atoms with Crippen LogP contribution in [0.4, 0.5) is 38.0 Å². The number of aryl methyl sites for hydroxylation is 1. The Balaban J connectivity index is 1.69. The largest absolute Gasteiger partial charge is 0.471 e. The van der Waals surface area contributed by atoms with Gasteiger partial charge in [-0.25, -0.2) is 9.97 Å². The number of halogens is 6. The Morgan fingerprint density at radius 2 is 1.81 bits per heavy atom. The van der Waals surface area contributed by atoms with Crippen molar-refractivity contribution in [3.63, 3.8) is 0 Å². The topological polar surface area (TPSA) is 75.2 Å². The Hall–Kier alpha value is -3.00. The standard InChI is InChI=1S/C22H18F6N4O2S2/c1-3-11-4-12-8-32(19(33)22(26,27)28)9-13(12)5-16(11)30-20-29-7-15(21(23,24)25)18(31-20)17-6-14(10-35-17)36(2)34/h4-7,10H,3,8-9H2,1-2H3,(H,29,30,31). The van der Waals surface area contributed by atoms with Gasteiger partial charge in [0.05, 0.1) is 21.4 Å². The molecule has 2 aromatic heterocycles. The number of alkyl halides is 6. The lowest BCUT2D eigenvalue weighted by atomic mass is 10.0. The zero-order valence-electron chi connectivity index (χ0n) is 18.8. The second kappa shape index (κ2) is 9.47. The predicted molar refractivity (Wildman–Crippen MR) is 122 cm³/mol. The number of thiophene rings is 1. The third kappa shape index (κ3) is 5.24. The van der Waals surface area contributed by atoms with Crippen LogP contribution in [0.3, 0.4) is 0 Å². The van der Waals surface area contributed by atoms with E-state index in [1.165, 1.54) is 17.7 Å². The lowest BCUT2D eigenvalue weighted by Crippen LogP contribution is -2.37. The third-order valence-corrected chi connectivity index (χ3v) is 7.53. The van der Waals surface area contributed by atoms with E-state index >= 15 is 0 Å². The van der Waals surface area contributed by atoms with Crippen molar-refractivity contribution in [1.29, 1.82) is 0 Å². The molecule has 1 aliphatic rings. The van der Waals surface area contributed by atoms with Gasteiger partial charge in [0.15, 0.2) is 0 Å². The molecule has 0 saturated heterocycles. The number of benzene rings is 1. The molecule has 1 amide bonds. The normalized spacial score (nSPS) is 14.6. The highest BCUT2D eigenvalue weighted by Crippen LogP contribution is 2.39. The summed E-state index contributed by atoms with van der Waals surface area (Å²) in [5.41, 5.74) is 0.664. The van der Waals surface area contributed by atoms with Gasteiger partial charge in [0, 0.05) is 41.5 Å². The van der Waals surface area contributed by atoms with Gasteiger partial charge >= 0.3 is 18.3 Å². The van der Waals surface area contributed by atoms with Crippen LogP contribution in [-0.2, 0) is 41.3 Å². The first-order valence-corrected chi connectivity index (χ1v) is 12.9. The Morgan fingerprint density at radius 3 is 2.36 bits per heavy atom. The molecule has 0 aliphatic carbocycles. The van der Waals surface area contributed by atoms with Crippen LogP contribution >= 0.6 is 11.3 Å². The van der Waals surface area contributed by atoms with E-state index in [1.807, 2.05) is 0 Å². The van der Waals surface area contributed by atoms with Crippen LogP contribution < -0.4 is 5.32 Å². The van der Waals surface area contributed by atoms with Gasteiger partial charge in [-0.1, -0.05) is 13.0 Å². The van der Waals surface area contributed by atoms with Crippen LogP contribution in [0.25, 0.3) is 10.6 Å². The van der Waals surface area contributed by atoms with Crippen LogP contribution in [0.1, 0.15) is 29.2 Å². The maximum Gasteiger partial charge on any atom is 0.471 e. The second-order valence-electron chi connectivity index (χ2n) is 7.97. The number of anilines is 2. The van der Waals surface area contributed by atoms with Crippen molar-refractivity contribution in [1.82, 2.24) is 14.9 Å². The molecule has 1 N–H and O–H groups in total. The number of nitrogens with one attached hydrogen (secondary N) is 1. The lowest BCUT2D eigenvalue weighted by molar-refractivity contribution is -0.186. The van der Waals surface area contributed by atoms with Gasteiger partial charge in [-0.05, 0) is 35.2 Å². The molecule has 1 aromatic carbocycles. The van der Waals surface area contributed by atoms with Gasteiger partial charge < -0.3 is 10.2 Å². The fourth-order valence-electron chi connectivity index (χ4n) is 3.79. The maximum atomic E-state index is 13.6. The Bertz CT molecular complexity index is 1350. The first-order chi connectivity index (χ1) is 16.8. The minimum Gasteiger partial charge on any atom is -0.326 e. The Labute approximate surface area is 207 Å². The van der Waals surface area contributed by atoms with Crippen LogP contribution in [0.15, 0.2) is 34.7 Å². The van der Waals surface area contributed by atoms with Crippen LogP contribution in [-0.4, -0.2) is 37.4 Å². The highest BCUT2D eigenvalue weighted by Gasteiger charge is 2.44. The van der Waals surface area contributed by atoms with E-state index in [9.17, 15) is 35.3 Å². The van der Waals surface area contributed by atoms with Crippen molar-refractivity contribution in [2.75, 3.05) is 11.6 Å². The van der Waals surface area contributed by atoms with E-state index in [0.717, 1.165) is 11.3 Å². The molecular weight excluding hydrogens is 530 g/mol. The smallest absolute Gasteiger partial charge is 0.326 e. The molecule has 14 heteroatoms. The molecule has 36 heavy (non-hydrogen) atoms. The number of carbonyl (C=O) groups excluding carboxylic acids is 1. The molecule has 192 valence electrons. The second-order valence-corrected chi connectivity index (χ2v) is 10.3. The summed E-state index contributed by atoms with van der Waals surface area (Å²) < 4.78 is 91.2. The minimum absolute atomic E-state index is 0.151. The van der Waals surface area contributed by atoms with Crippen molar-refractivity contribution in [2.45, 2.75) is 43.7 Å². The first kappa shape index (κ1) is 26.1. The molecule has 1 unspecified atom stereocenters. The molecule has 0 saturated carbocycles. The summed E-state index contributed by atoms with van der Waals surface area (Å²) >= 11 is 0.965. The van der Waals surface area contributed by atoms with E-state index < -0.39 is 34.6 Å². The first-order valence-electron chi connectivity index (χ1n) is 10.4. The van der Waals surface area contributed by atoms with Crippen LogP contribution in [0.5, 0.6) is 0 Å². The highest BCUT2D eigenvalue weighted by atomic mass is 32.2. The van der Waals surface area contributed by atoms with Gasteiger partial charge in [-0.15, -0.1) is 11.3 Å². The zero-order valence-corrected chi connectivity index (χ0v) is 20.4. The summed E-state index contributed by atoms with van der Waals surface area (Å²) in [6.45, 7) is 1.36. The summed E-state index contributed by atoms with van der Waals surface area (Å²) in [5.74, 6) is -2.09. The predicted octanol–water partition coefficient (Wildman–Crippen LogP) is 5.67. The number of hydrogen-bond acceptors (Lipinski definition) is 6. The van der Waals surface area contributed by atoms with E-state index in [0.29, 0.717) is 44.8 Å². The van der Waals surface area contributed by atoms with Crippen molar-refractivity contribution >= 4 is 39.7 Å². The molecule has 0 bridgehead atoms. The highest BCUT2D eigenvalue weighted by molar-refractivity contribution is 7.84. The Morgan fingerprint density at radius 1 is 1.14 bits per heavy atom. The quantitative estimate of drug-likeness (QED) is 0.416. The number of amides is 1. The molecule has 1 aliphatic heterocycles. The van der Waals surface area contributed by atoms with Gasteiger partial charge in [0.1, 0.15) is 5.56 Å². The van der Waals surface area contributed by atoms with E-state index in [1.54, 1.807) is 19.1 Å². The molecule has 1 atom stereocenters. The minimum atomic E-state index is -4.99. The van der Waals surface area contributed by atoms with Crippen LogP contribution in [0, 0.1) is 0 Å². The summed E-state index contributed by atoms with van der Waals surface area (Å²) in [6, 6.07) is 4.59. The molecule has 4 rings (SSSR count). The van der Waals surface area contributed by atoms with Crippen molar-refractivity contribution < 1.29 is 35.3 Å². The number of hydrogen-bond donors (Lipinski definition) is 1. The average Bonchev–Trinajstić information content (AvgIpc) is 3.44. The SMILES string of the molecule is CCc1cc2c(cc1Nc1ncc(C(F)(F)F)c(-c3cc(S(C)=O)cs3)n1)CN(C(=O)C(F)(F)F)C2. The molecule has 0 fully saturated rings. The Kier molecular flexibility index (Phi) is 6.86. The summed E-state index contributed by atoms with van der Waals surface area (Å²) in [6.07, 6.45) is -7.22. The van der Waals surface area contributed by atoms with E-state index in [2.05, 4.69) is 15.3 Å². The number of nitrogens with zero attached hydrogens (tertiary/aromatic N) is 3. The van der Waals surface area contributed by atoms with E-state index in [4.69, 9.17) is 0 Å². The van der Waals surface area contributed by atoms with Crippen molar-refractivity contribution in [3.8, 4) is 10.6 Å². The zero-order chi connectivity index (χ0) is 26.4. The van der Waals surface area contributed by atoms with Crippen LogP contribution in [0.2, 0.25) is 0 Å². The van der Waals surface area contributed by atoms with Crippen molar-refractivity contribution in [3.05, 3.63) is 52.0 Å².